The fraction of sp³-hybridized carbons (Fsp3) is 0.609. The van der Waals surface area contributed by atoms with Gasteiger partial charge in [-0.1, -0.05) is 49.6 Å². The third kappa shape index (κ3) is 3.27. The van der Waals surface area contributed by atoms with E-state index >= 15 is 0 Å². The molecule has 2 heterocycles. The van der Waals surface area contributed by atoms with Gasteiger partial charge in [-0.3, -0.25) is 4.79 Å². The van der Waals surface area contributed by atoms with E-state index < -0.39 is 6.10 Å². The number of aliphatic hydroxyl groups is 1. The normalized spacial score (nSPS) is 31.4. The van der Waals surface area contributed by atoms with Crippen LogP contribution >= 0.6 is 0 Å². The second kappa shape index (κ2) is 7.56. The van der Waals surface area contributed by atoms with Gasteiger partial charge in [0, 0.05) is 13.1 Å². The molecule has 154 valence electrons. The Kier molecular flexibility index (Phi) is 4.90. The molecule has 2 aliphatic carbocycles. The van der Waals surface area contributed by atoms with E-state index in [2.05, 4.69) is 39.2 Å². The Balaban J connectivity index is 1.37. The smallest absolute Gasteiger partial charge is 0.233 e. The first kappa shape index (κ1) is 18.8. The summed E-state index contributed by atoms with van der Waals surface area (Å²) in [7, 11) is 0. The van der Waals surface area contributed by atoms with Gasteiger partial charge in [0.05, 0.1) is 17.6 Å². The highest BCUT2D eigenvalue weighted by Crippen LogP contribution is 2.45. The van der Waals surface area contributed by atoms with Crippen LogP contribution in [0.2, 0.25) is 0 Å². The largest absolute Gasteiger partial charge is 0.391 e. The van der Waals surface area contributed by atoms with Gasteiger partial charge >= 0.3 is 0 Å². The molecule has 3 aliphatic rings. The Morgan fingerprint density at radius 3 is 2.45 bits per heavy atom. The predicted octanol–water partition coefficient (Wildman–Crippen LogP) is 2.95. The molecule has 2 saturated carbocycles. The lowest BCUT2D eigenvalue weighted by Crippen LogP contribution is -2.47. The van der Waals surface area contributed by atoms with Gasteiger partial charge < -0.3 is 10.0 Å². The third-order valence-electron chi connectivity index (χ3n) is 7.62. The van der Waals surface area contributed by atoms with Crippen molar-refractivity contribution in [1.82, 2.24) is 19.7 Å². The lowest BCUT2D eigenvalue weighted by atomic mass is 9.68. The van der Waals surface area contributed by atoms with Crippen LogP contribution in [0.1, 0.15) is 56.6 Å². The minimum atomic E-state index is -0.425. The molecule has 1 aromatic heterocycles. The molecule has 2 aromatic rings. The average molecular weight is 395 g/mol. The maximum absolute atomic E-state index is 13.9. The van der Waals surface area contributed by atoms with Crippen molar-refractivity contribution in [2.75, 3.05) is 13.1 Å². The van der Waals surface area contributed by atoms with E-state index in [0.29, 0.717) is 17.7 Å². The summed E-state index contributed by atoms with van der Waals surface area (Å²) >= 11 is 0. The van der Waals surface area contributed by atoms with Gasteiger partial charge in [-0.25, -0.2) is 9.67 Å². The number of aliphatic hydroxyl groups excluding tert-OH is 1. The molecule has 0 radical (unpaired) electrons. The van der Waals surface area contributed by atoms with Crippen molar-refractivity contribution in [3.63, 3.8) is 0 Å². The van der Waals surface area contributed by atoms with E-state index in [9.17, 15) is 9.90 Å². The molecule has 0 unspecified atom stereocenters. The monoisotopic (exact) mass is 394 g/mol. The first-order chi connectivity index (χ1) is 14.2. The quantitative estimate of drug-likeness (QED) is 0.869. The van der Waals surface area contributed by atoms with Crippen LogP contribution in [0.4, 0.5) is 0 Å². The summed E-state index contributed by atoms with van der Waals surface area (Å²) < 4.78 is 1.79. The molecule has 5 rings (SSSR count). The van der Waals surface area contributed by atoms with Crippen LogP contribution in [0, 0.1) is 11.8 Å². The van der Waals surface area contributed by atoms with Crippen molar-refractivity contribution in [1.29, 1.82) is 0 Å². The third-order valence-corrected chi connectivity index (χ3v) is 7.62. The standard InChI is InChI=1S/C23H30N4O2/c28-21-12-18-14-26(13-17(18)11-20(21)27-16-24-15-25-27)22(29)23(9-5-2-6-10-23)19-7-3-1-4-8-19/h1,3-4,7-8,15-18,20-21,28H,2,5-6,9-14H2/t17-,18+,20-,21-/m1/s1. The van der Waals surface area contributed by atoms with Gasteiger partial charge in [-0.2, -0.15) is 5.10 Å². The van der Waals surface area contributed by atoms with Crippen molar-refractivity contribution in [2.45, 2.75) is 62.5 Å². The van der Waals surface area contributed by atoms with Crippen molar-refractivity contribution in [3.8, 4) is 0 Å². The highest BCUT2D eigenvalue weighted by atomic mass is 16.3. The minimum absolute atomic E-state index is 0.0356. The number of aromatic nitrogens is 3. The second-order valence-electron chi connectivity index (χ2n) is 9.22. The SMILES string of the molecule is O=C(N1C[C@H]2C[C@@H](n3cncn3)[C@H](O)C[C@H]2C1)C1(c2ccccc2)CCCCC1. The summed E-state index contributed by atoms with van der Waals surface area (Å²) in [4.78, 5) is 20.0. The van der Waals surface area contributed by atoms with E-state index in [-0.39, 0.29) is 11.5 Å². The minimum Gasteiger partial charge on any atom is -0.391 e. The molecular weight excluding hydrogens is 364 g/mol. The molecule has 1 aromatic carbocycles. The number of likely N-dealkylation sites (tertiary alicyclic amines) is 1. The number of hydrogen-bond acceptors (Lipinski definition) is 4. The van der Waals surface area contributed by atoms with E-state index in [4.69, 9.17) is 0 Å². The second-order valence-corrected chi connectivity index (χ2v) is 9.22. The van der Waals surface area contributed by atoms with Gasteiger partial charge in [0.2, 0.25) is 5.91 Å². The summed E-state index contributed by atoms with van der Waals surface area (Å²) in [5, 5.41) is 14.9. The highest BCUT2D eigenvalue weighted by Gasteiger charge is 2.49. The van der Waals surface area contributed by atoms with E-state index in [0.717, 1.165) is 51.6 Å². The number of carbonyl (C=O) groups is 1. The number of amides is 1. The topological polar surface area (TPSA) is 71.2 Å². The van der Waals surface area contributed by atoms with Gasteiger partial charge in [-0.15, -0.1) is 0 Å². The van der Waals surface area contributed by atoms with Crippen LogP contribution in [0.15, 0.2) is 43.0 Å². The molecule has 6 heteroatoms. The molecule has 1 amide bonds. The van der Waals surface area contributed by atoms with E-state index in [1.54, 1.807) is 11.0 Å². The summed E-state index contributed by atoms with van der Waals surface area (Å²) in [5.41, 5.74) is 0.816. The van der Waals surface area contributed by atoms with Crippen LogP contribution in [0.3, 0.4) is 0 Å². The lowest BCUT2D eigenvalue weighted by Gasteiger charge is -2.39. The van der Waals surface area contributed by atoms with E-state index in [1.807, 2.05) is 6.07 Å². The molecule has 4 atom stereocenters. The predicted molar refractivity (Wildman–Crippen MR) is 109 cm³/mol. The summed E-state index contributed by atoms with van der Waals surface area (Å²) in [6.07, 6.45) is 9.74. The maximum Gasteiger partial charge on any atom is 0.233 e. The van der Waals surface area contributed by atoms with Crippen LogP contribution in [0.5, 0.6) is 0 Å². The van der Waals surface area contributed by atoms with Crippen molar-refractivity contribution < 1.29 is 9.90 Å². The van der Waals surface area contributed by atoms with Crippen LogP contribution in [-0.2, 0) is 10.2 Å². The number of benzene rings is 1. The Labute approximate surface area is 171 Å². The summed E-state index contributed by atoms with van der Waals surface area (Å²) in [6.45, 7) is 1.58. The van der Waals surface area contributed by atoms with Crippen LogP contribution < -0.4 is 0 Å². The number of fused-ring (bicyclic) bond motifs is 1. The number of rotatable bonds is 3. The zero-order chi connectivity index (χ0) is 19.8. The van der Waals surface area contributed by atoms with Gasteiger partial charge in [0.25, 0.3) is 0 Å². The Hall–Kier alpha value is -2.21. The fourth-order valence-electron chi connectivity index (χ4n) is 6.09. The molecule has 29 heavy (non-hydrogen) atoms. The molecule has 1 saturated heterocycles. The molecular formula is C23H30N4O2. The summed E-state index contributed by atoms with van der Waals surface area (Å²) in [6, 6.07) is 10.4. The first-order valence-corrected chi connectivity index (χ1v) is 11.0. The van der Waals surface area contributed by atoms with Crippen LogP contribution in [0.25, 0.3) is 0 Å². The number of nitrogens with zero attached hydrogens (tertiary/aromatic N) is 4. The molecule has 6 nitrogen and oxygen atoms in total. The van der Waals surface area contributed by atoms with Gasteiger partial charge in [-0.05, 0) is 43.1 Å². The number of carbonyl (C=O) groups excluding carboxylic acids is 1. The van der Waals surface area contributed by atoms with Crippen molar-refractivity contribution in [3.05, 3.63) is 48.5 Å². The Morgan fingerprint density at radius 1 is 1.03 bits per heavy atom. The van der Waals surface area contributed by atoms with Gasteiger partial charge in [0.1, 0.15) is 12.7 Å². The maximum atomic E-state index is 13.9. The summed E-state index contributed by atoms with van der Waals surface area (Å²) in [5.74, 6) is 1.11. The van der Waals surface area contributed by atoms with Crippen LogP contribution in [-0.4, -0.2) is 49.9 Å². The molecule has 1 N–H and O–H groups in total. The molecule has 1 aliphatic heterocycles. The molecule has 3 fully saturated rings. The molecule has 0 spiro atoms. The first-order valence-electron chi connectivity index (χ1n) is 11.0. The zero-order valence-electron chi connectivity index (χ0n) is 16.9. The number of hydrogen-bond donors (Lipinski definition) is 1. The Morgan fingerprint density at radius 2 is 1.76 bits per heavy atom. The Bertz CT molecular complexity index is 832. The fourth-order valence-corrected chi connectivity index (χ4v) is 6.09. The van der Waals surface area contributed by atoms with E-state index in [1.165, 1.54) is 18.3 Å². The molecule has 0 bridgehead atoms. The lowest BCUT2D eigenvalue weighted by molar-refractivity contribution is -0.138. The zero-order valence-corrected chi connectivity index (χ0v) is 16.9. The van der Waals surface area contributed by atoms with Crippen molar-refractivity contribution >= 4 is 5.91 Å². The highest BCUT2D eigenvalue weighted by molar-refractivity contribution is 5.88. The van der Waals surface area contributed by atoms with Crippen molar-refractivity contribution in [2.24, 2.45) is 11.8 Å². The average Bonchev–Trinajstić information content (AvgIpc) is 3.43. The van der Waals surface area contributed by atoms with Gasteiger partial charge in [0.15, 0.2) is 0 Å².